The van der Waals surface area contributed by atoms with E-state index < -0.39 is 0 Å². The van der Waals surface area contributed by atoms with Crippen molar-refractivity contribution in [3.05, 3.63) is 11.6 Å². The maximum atomic E-state index is 12.3. The van der Waals surface area contributed by atoms with Crippen LogP contribution in [-0.4, -0.2) is 53.4 Å². The highest BCUT2D eigenvalue weighted by atomic mass is 32.1. The molecule has 1 saturated carbocycles. The molecule has 1 aliphatic rings. The van der Waals surface area contributed by atoms with Gasteiger partial charge in [-0.3, -0.25) is 4.79 Å². The number of rotatable bonds is 4. The van der Waals surface area contributed by atoms with Crippen LogP contribution < -0.4 is 5.32 Å². The Morgan fingerprint density at radius 3 is 2.62 bits per heavy atom. The first-order valence-corrected chi connectivity index (χ1v) is 8.13. The molecule has 1 N–H and O–H groups in total. The molecule has 0 atom stereocenters. The van der Waals surface area contributed by atoms with Gasteiger partial charge >= 0.3 is 6.03 Å². The lowest BCUT2D eigenvalue weighted by Crippen LogP contribution is -2.49. The molecule has 1 fully saturated rings. The number of nitrogens with one attached hydrogen (secondary N) is 1. The van der Waals surface area contributed by atoms with Gasteiger partial charge in [-0.2, -0.15) is 0 Å². The van der Waals surface area contributed by atoms with E-state index in [4.69, 9.17) is 0 Å². The second-order valence-corrected chi connectivity index (χ2v) is 6.38. The van der Waals surface area contributed by atoms with Crippen molar-refractivity contribution in [3.63, 3.8) is 0 Å². The van der Waals surface area contributed by atoms with Gasteiger partial charge in [0.25, 0.3) is 0 Å². The molecule has 1 aromatic heterocycles. The van der Waals surface area contributed by atoms with E-state index in [1.807, 2.05) is 0 Å². The van der Waals surface area contributed by atoms with Crippen LogP contribution >= 0.6 is 11.3 Å². The van der Waals surface area contributed by atoms with E-state index in [0.717, 1.165) is 25.7 Å². The van der Waals surface area contributed by atoms with E-state index in [0.29, 0.717) is 5.13 Å². The third-order valence-corrected chi connectivity index (χ3v) is 4.32. The Morgan fingerprint density at radius 2 is 2.05 bits per heavy atom. The van der Waals surface area contributed by atoms with Gasteiger partial charge in [-0.05, 0) is 12.8 Å². The van der Waals surface area contributed by atoms with Crippen molar-refractivity contribution in [2.24, 2.45) is 0 Å². The quantitative estimate of drug-likeness (QED) is 0.928. The average Bonchev–Trinajstić information content (AvgIpc) is 2.97. The number of carbonyl (C=O) groups is 2. The highest BCUT2D eigenvalue weighted by Gasteiger charge is 2.28. The third-order valence-electron chi connectivity index (χ3n) is 3.64. The Labute approximate surface area is 129 Å². The van der Waals surface area contributed by atoms with Crippen LogP contribution in [0.25, 0.3) is 0 Å². The number of thiazole rings is 1. The number of amides is 3. The van der Waals surface area contributed by atoms with Gasteiger partial charge in [0.1, 0.15) is 6.54 Å². The van der Waals surface area contributed by atoms with Crippen LogP contribution in [0.5, 0.6) is 0 Å². The second kappa shape index (κ2) is 7.40. The van der Waals surface area contributed by atoms with Crippen LogP contribution in [0.15, 0.2) is 11.6 Å². The topological polar surface area (TPSA) is 65.5 Å². The lowest BCUT2D eigenvalue weighted by molar-refractivity contribution is -0.117. The molecule has 0 aromatic carbocycles. The minimum absolute atomic E-state index is 0.0846. The summed E-state index contributed by atoms with van der Waals surface area (Å²) < 4.78 is 0. The van der Waals surface area contributed by atoms with Gasteiger partial charge in [-0.15, -0.1) is 11.3 Å². The minimum Gasteiger partial charge on any atom is -0.331 e. The standard InChI is InChI=1S/C14H22N4O2S/c1-17(2)14(20)18(11-6-4-3-5-7-11)10-12(19)16-13-15-8-9-21-13/h8-9,11H,3-7,10H2,1-2H3,(H,15,16,19). The molecule has 1 heterocycles. The molecule has 1 aromatic rings. The number of aromatic nitrogens is 1. The Hall–Kier alpha value is -1.63. The van der Waals surface area contributed by atoms with Gasteiger partial charge in [0, 0.05) is 31.7 Å². The summed E-state index contributed by atoms with van der Waals surface area (Å²) in [5.41, 5.74) is 0. The zero-order valence-electron chi connectivity index (χ0n) is 12.5. The SMILES string of the molecule is CN(C)C(=O)N(CC(=O)Nc1nccs1)C1CCCCC1. The molecule has 3 amide bonds. The number of nitrogens with zero attached hydrogens (tertiary/aromatic N) is 3. The summed E-state index contributed by atoms with van der Waals surface area (Å²) in [6, 6.07) is 0.0619. The number of hydrogen-bond donors (Lipinski definition) is 1. The van der Waals surface area contributed by atoms with Crippen molar-refractivity contribution >= 4 is 28.4 Å². The van der Waals surface area contributed by atoms with E-state index >= 15 is 0 Å². The van der Waals surface area contributed by atoms with E-state index in [-0.39, 0.29) is 24.5 Å². The summed E-state index contributed by atoms with van der Waals surface area (Å²) in [5, 5.41) is 5.12. The summed E-state index contributed by atoms with van der Waals surface area (Å²) in [6.07, 6.45) is 7.05. The molecule has 0 radical (unpaired) electrons. The summed E-state index contributed by atoms with van der Waals surface area (Å²) >= 11 is 1.37. The number of urea groups is 1. The molecule has 116 valence electrons. The number of carbonyl (C=O) groups excluding carboxylic acids is 2. The second-order valence-electron chi connectivity index (χ2n) is 5.48. The smallest absolute Gasteiger partial charge is 0.320 e. The first kappa shape index (κ1) is 15.8. The molecule has 2 rings (SSSR count). The molecular weight excluding hydrogens is 288 g/mol. The van der Waals surface area contributed by atoms with E-state index in [9.17, 15) is 9.59 Å². The van der Waals surface area contributed by atoms with Gasteiger partial charge < -0.3 is 15.1 Å². The lowest BCUT2D eigenvalue weighted by atomic mass is 9.94. The van der Waals surface area contributed by atoms with Crippen LogP contribution in [0.1, 0.15) is 32.1 Å². The zero-order chi connectivity index (χ0) is 15.2. The van der Waals surface area contributed by atoms with Crippen molar-refractivity contribution < 1.29 is 9.59 Å². The van der Waals surface area contributed by atoms with Crippen LogP contribution in [0, 0.1) is 0 Å². The fourth-order valence-electron chi connectivity index (χ4n) is 2.60. The molecule has 0 bridgehead atoms. The Morgan fingerprint density at radius 1 is 1.33 bits per heavy atom. The minimum atomic E-state index is -0.189. The Balaban J connectivity index is 2.00. The molecule has 6 nitrogen and oxygen atoms in total. The Bertz CT molecular complexity index is 469. The van der Waals surface area contributed by atoms with Crippen LogP contribution in [0.4, 0.5) is 9.93 Å². The van der Waals surface area contributed by atoms with Crippen LogP contribution in [-0.2, 0) is 4.79 Å². The predicted molar refractivity (Wildman–Crippen MR) is 83.4 cm³/mol. The average molecular weight is 310 g/mol. The monoisotopic (exact) mass is 310 g/mol. The largest absolute Gasteiger partial charge is 0.331 e. The van der Waals surface area contributed by atoms with Crippen molar-refractivity contribution in [2.45, 2.75) is 38.1 Å². The van der Waals surface area contributed by atoms with E-state index in [1.54, 1.807) is 30.6 Å². The van der Waals surface area contributed by atoms with Crippen LogP contribution in [0.3, 0.4) is 0 Å². The molecule has 0 spiro atoms. The van der Waals surface area contributed by atoms with Crippen molar-refractivity contribution in [1.82, 2.24) is 14.8 Å². The fraction of sp³-hybridized carbons (Fsp3) is 0.643. The van der Waals surface area contributed by atoms with Gasteiger partial charge in [-0.1, -0.05) is 19.3 Å². The summed E-state index contributed by atoms with van der Waals surface area (Å²) in [6.45, 7) is 0.0846. The molecule has 0 unspecified atom stereocenters. The first-order valence-electron chi connectivity index (χ1n) is 7.25. The molecule has 21 heavy (non-hydrogen) atoms. The van der Waals surface area contributed by atoms with Gasteiger partial charge in [0.15, 0.2) is 5.13 Å². The maximum absolute atomic E-state index is 12.3. The van der Waals surface area contributed by atoms with Gasteiger partial charge in [0.05, 0.1) is 0 Å². The summed E-state index contributed by atoms with van der Waals surface area (Å²) in [5.74, 6) is -0.189. The number of hydrogen-bond acceptors (Lipinski definition) is 4. The van der Waals surface area contributed by atoms with Crippen LogP contribution in [0.2, 0.25) is 0 Å². The molecule has 0 saturated heterocycles. The highest BCUT2D eigenvalue weighted by molar-refractivity contribution is 7.13. The first-order chi connectivity index (χ1) is 10.1. The lowest BCUT2D eigenvalue weighted by Gasteiger charge is -2.35. The predicted octanol–water partition coefficient (Wildman–Crippen LogP) is 2.40. The Kier molecular flexibility index (Phi) is 5.55. The van der Waals surface area contributed by atoms with Gasteiger partial charge in [0.2, 0.25) is 5.91 Å². The molecular formula is C14H22N4O2S. The zero-order valence-corrected chi connectivity index (χ0v) is 13.4. The summed E-state index contributed by atoms with van der Waals surface area (Å²) in [4.78, 5) is 31.7. The molecule has 7 heteroatoms. The van der Waals surface area contributed by atoms with E-state index in [2.05, 4.69) is 10.3 Å². The maximum Gasteiger partial charge on any atom is 0.320 e. The van der Waals surface area contributed by atoms with Crippen molar-refractivity contribution in [3.8, 4) is 0 Å². The van der Waals surface area contributed by atoms with Crippen molar-refractivity contribution in [2.75, 3.05) is 26.0 Å². The molecule has 1 aliphatic carbocycles. The van der Waals surface area contributed by atoms with Crippen molar-refractivity contribution in [1.29, 1.82) is 0 Å². The highest BCUT2D eigenvalue weighted by Crippen LogP contribution is 2.23. The number of anilines is 1. The third kappa shape index (κ3) is 4.42. The van der Waals surface area contributed by atoms with E-state index in [1.165, 1.54) is 22.7 Å². The summed E-state index contributed by atoms with van der Waals surface area (Å²) in [7, 11) is 3.44. The van der Waals surface area contributed by atoms with Gasteiger partial charge in [-0.25, -0.2) is 9.78 Å². The fourth-order valence-corrected chi connectivity index (χ4v) is 3.15. The normalized spacial score (nSPS) is 15.5. The molecule has 0 aliphatic heterocycles.